The Labute approximate surface area is 203 Å². The summed E-state index contributed by atoms with van der Waals surface area (Å²) in [6, 6.07) is 15.7. The molecule has 0 unspecified atom stereocenters. The Balaban J connectivity index is 1.87. The minimum Gasteiger partial charge on any atom is -0.326 e. The largest absolute Gasteiger partial charge is 0.326 e. The second-order valence-corrected chi connectivity index (χ2v) is 9.61. The lowest BCUT2D eigenvalue weighted by molar-refractivity contribution is -0.384. The highest BCUT2D eigenvalue weighted by molar-refractivity contribution is 7.92. The Morgan fingerprint density at radius 3 is 2.34 bits per heavy atom. The third-order valence-electron chi connectivity index (χ3n) is 5.05. The number of nitrogens with zero attached hydrogens (tertiary/aromatic N) is 2. The van der Waals surface area contributed by atoms with E-state index in [4.69, 9.17) is 0 Å². The molecule has 0 aliphatic rings. The highest BCUT2D eigenvalue weighted by Crippen LogP contribution is 2.29. The third-order valence-corrected chi connectivity index (χ3v) is 6.41. The predicted molar refractivity (Wildman–Crippen MR) is 136 cm³/mol. The molecule has 182 valence electrons. The number of nitro benzene ring substituents is 1. The summed E-state index contributed by atoms with van der Waals surface area (Å²) in [5.74, 6) is -0.215. The lowest BCUT2D eigenvalue weighted by Crippen LogP contribution is -2.14. The summed E-state index contributed by atoms with van der Waals surface area (Å²) in [6.07, 6.45) is 0. The van der Waals surface area contributed by atoms with Crippen molar-refractivity contribution in [1.82, 2.24) is 0 Å². The van der Waals surface area contributed by atoms with Crippen molar-refractivity contribution in [3.63, 3.8) is 0 Å². The SMILES string of the molecule is CC(=O)Nc1cccc(/C(C)=N\Nc2ccc(S(=O)(=O)Nc3ccc(C)cc3C)cc2[N+](=O)[O-])c1. The van der Waals surface area contributed by atoms with Crippen molar-refractivity contribution < 1.29 is 18.1 Å². The van der Waals surface area contributed by atoms with Gasteiger partial charge in [0, 0.05) is 18.7 Å². The zero-order chi connectivity index (χ0) is 25.8. The molecule has 0 aliphatic carbocycles. The first kappa shape index (κ1) is 25.4. The lowest BCUT2D eigenvalue weighted by atomic mass is 10.1. The van der Waals surface area contributed by atoms with E-state index in [1.165, 1.54) is 19.1 Å². The molecule has 0 fully saturated rings. The predicted octanol–water partition coefficient (Wildman–Crippen LogP) is 4.81. The van der Waals surface area contributed by atoms with Gasteiger partial charge in [0.15, 0.2) is 0 Å². The van der Waals surface area contributed by atoms with Crippen LogP contribution in [0.5, 0.6) is 0 Å². The highest BCUT2D eigenvalue weighted by atomic mass is 32.2. The number of sulfonamides is 1. The number of carbonyl (C=O) groups excluding carboxylic acids is 1. The number of benzene rings is 3. The molecule has 0 radical (unpaired) electrons. The fourth-order valence-corrected chi connectivity index (χ4v) is 4.44. The van der Waals surface area contributed by atoms with E-state index in [0.717, 1.165) is 17.2 Å². The lowest BCUT2D eigenvalue weighted by Gasteiger charge is -2.12. The van der Waals surface area contributed by atoms with Gasteiger partial charge in [0.2, 0.25) is 5.91 Å². The summed E-state index contributed by atoms with van der Waals surface area (Å²) < 4.78 is 28.2. The normalized spacial score (nSPS) is 11.6. The molecule has 3 aromatic rings. The van der Waals surface area contributed by atoms with Crippen LogP contribution in [0.4, 0.5) is 22.7 Å². The smallest absolute Gasteiger partial charge is 0.295 e. The number of rotatable bonds is 8. The van der Waals surface area contributed by atoms with E-state index < -0.39 is 20.6 Å². The molecule has 0 bridgehead atoms. The summed E-state index contributed by atoms with van der Waals surface area (Å²) >= 11 is 0. The molecule has 35 heavy (non-hydrogen) atoms. The van der Waals surface area contributed by atoms with Crippen LogP contribution in [-0.2, 0) is 14.8 Å². The van der Waals surface area contributed by atoms with E-state index >= 15 is 0 Å². The molecule has 10 nitrogen and oxygen atoms in total. The van der Waals surface area contributed by atoms with Crippen molar-refractivity contribution in [2.45, 2.75) is 32.6 Å². The van der Waals surface area contributed by atoms with E-state index in [-0.39, 0.29) is 16.5 Å². The Morgan fingerprint density at radius 2 is 1.69 bits per heavy atom. The van der Waals surface area contributed by atoms with Gasteiger partial charge in [-0.3, -0.25) is 25.1 Å². The molecule has 3 aromatic carbocycles. The molecule has 11 heteroatoms. The van der Waals surface area contributed by atoms with Crippen LogP contribution in [-0.4, -0.2) is 25.0 Å². The standard InChI is InChI=1S/C24H25N5O5S/c1-15-8-10-22(16(2)12-15)28-35(33,34)21-9-11-23(24(14-21)29(31)32)27-26-17(3)19-6-5-7-20(13-19)25-18(4)30/h5-14,27-28H,1-4H3,(H,25,30)/b26-17-. The van der Waals surface area contributed by atoms with Crippen LogP contribution in [0.3, 0.4) is 0 Å². The molecule has 3 N–H and O–H groups in total. The zero-order valence-corrected chi connectivity index (χ0v) is 20.4. The Hall–Kier alpha value is -4.25. The number of nitro groups is 1. The highest BCUT2D eigenvalue weighted by Gasteiger charge is 2.22. The third kappa shape index (κ3) is 6.42. The van der Waals surface area contributed by atoms with E-state index in [9.17, 15) is 23.3 Å². The monoisotopic (exact) mass is 495 g/mol. The van der Waals surface area contributed by atoms with E-state index in [0.29, 0.717) is 22.6 Å². The van der Waals surface area contributed by atoms with Crippen molar-refractivity contribution >= 4 is 44.4 Å². The van der Waals surface area contributed by atoms with Crippen molar-refractivity contribution in [2.75, 3.05) is 15.5 Å². The summed E-state index contributed by atoms with van der Waals surface area (Å²) in [6.45, 7) is 6.75. The van der Waals surface area contributed by atoms with Crippen molar-refractivity contribution in [3.8, 4) is 0 Å². The van der Waals surface area contributed by atoms with Crippen LogP contribution in [0.1, 0.15) is 30.5 Å². The topological polar surface area (TPSA) is 143 Å². The van der Waals surface area contributed by atoms with Gasteiger partial charge >= 0.3 is 0 Å². The van der Waals surface area contributed by atoms with E-state index in [1.807, 2.05) is 13.0 Å². The summed E-state index contributed by atoms with van der Waals surface area (Å²) in [7, 11) is -4.06. The Morgan fingerprint density at radius 1 is 0.971 bits per heavy atom. The number of aryl methyl sites for hydroxylation is 2. The molecule has 0 saturated heterocycles. The molecular weight excluding hydrogens is 470 g/mol. The van der Waals surface area contributed by atoms with Crippen LogP contribution < -0.4 is 15.5 Å². The van der Waals surface area contributed by atoms with Crippen molar-refractivity contribution in [3.05, 3.63) is 87.5 Å². The number of nitrogens with one attached hydrogen (secondary N) is 3. The first-order valence-corrected chi connectivity index (χ1v) is 12.0. The summed E-state index contributed by atoms with van der Waals surface area (Å²) in [5, 5.41) is 18.5. The van der Waals surface area contributed by atoms with E-state index in [1.54, 1.807) is 50.2 Å². The average molecular weight is 496 g/mol. The zero-order valence-electron chi connectivity index (χ0n) is 19.6. The molecule has 0 aliphatic heterocycles. The maximum Gasteiger partial charge on any atom is 0.295 e. The number of hydrogen-bond donors (Lipinski definition) is 3. The molecule has 3 rings (SSSR count). The fourth-order valence-electron chi connectivity index (χ4n) is 3.29. The number of hydrogen-bond acceptors (Lipinski definition) is 7. The van der Waals surface area contributed by atoms with Crippen LogP contribution in [0, 0.1) is 24.0 Å². The van der Waals surface area contributed by atoms with Gasteiger partial charge in [-0.2, -0.15) is 5.10 Å². The van der Waals surface area contributed by atoms with Gasteiger partial charge in [0.1, 0.15) is 5.69 Å². The maximum absolute atomic E-state index is 12.9. The van der Waals surface area contributed by atoms with Gasteiger partial charge in [-0.25, -0.2) is 8.42 Å². The van der Waals surface area contributed by atoms with Crippen molar-refractivity contribution in [2.24, 2.45) is 5.10 Å². The summed E-state index contributed by atoms with van der Waals surface area (Å²) in [4.78, 5) is 22.0. The molecule has 0 spiro atoms. The minimum absolute atomic E-state index is 0.0258. The second kappa shape index (κ2) is 10.3. The quantitative estimate of drug-likeness (QED) is 0.233. The van der Waals surface area contributed by atoms with Crippen LogP contribution in [0.2, 0.25) is 0 Å². The number of anilines is 3. The van der Waals surface area contributed by atoms with Gasteiger partial charge in [-0.05, 0) is 62.2 Å². The molecule has 0 heterocycles. The van der Waals surface area contributed by atoms with Gasteiger partial charge in [0.05, 0.1) is 21.2 Å². The maximum atomic E-state index is 12.9. The van der Waals surface area contributed by atoms with Crippen LogP contribution in [0.15, 0.2) is 70.7 Å². The second-order valence-electron chi connectivity index (χ2n) is 7.93. The molecule has 0 saturated carbocycles. The fraction of sp³-hybridized carbons (Fsp3) is 0.167. The first-order valence-electron chi connectivity index (χ1n) is 10.5. The van der Waals surface area contributed by atoms with Crippen molar-refractivity contribution in [1.29, 1.82) is 0 Å². The van der Waals surface area contributed by atoms with Crippen LogP contribution in [0.25, 0.3) is 0 Å². The van der Waals surface area contributed by atoms with Gasteiger partial charge in [-0.1, -0.05) is 29.8 Å². The van der Waals surface area contributed by atoms with E-state index in [2.05, 4.69) is 20.6 Å². The molecule has 0 aromatic heterocycles. The Bertz CT molecular complexity index is 1430. The average Bonchev–Trinajstić information content (AvgIpc) is 2.78. The van der Waals surface area contributed by atoms with Gasteiger partial charge < -0.3 is 5.32 Å². The molecule has 1 amide bonds. The first-order chi connectivity index (χ1) is 16.5. The minimum atomic E-state index is -4.06. The Kier molecular flexibility index (Phi) is 7.50. The number of carbonyl (C=O) groups is 1. The summed E-state index contributed by atoms with van der Waals surface area (Å²) in [5.41, 5.74) is 6.09. The van der Waals surface area contributed by atoms with Gasteiger partial charge in [0.25, 0.3) is 15.7 Å². The number of amides is 1. The van der Waals surface area contributed by atoms with Gasteiger partial charge in [-0.15, -0.1) is 0 Å². The van der Waals surface area contributed by atoms with Crippen LogP contribution >= 0.6 is 0 Å². The molecular formula is C24H25N5O5S. The number of hydrazone groups is 1. The molecule has 0 atom stereocenters.